The quantitative estimate of drug-likeness (QED) is 0.482. The highest BCUT2D eigenvalue weighted by atomic mass is 32.1. The molecule has 1 aromatic carbocycles. The first-order valence-electron chi connectivity index (χ1n) is 6.73. The fourth-order valence-corrected chi connectivity index (χ4v) is 2.87. The summed E-state index contributed by atoms with van der Waals surface area (Å²) in [6.45, 7) is 1.51. The molecular weight excluding hydrogens is 316 g/mol. The Morgan fingerprint density at radius 1 is 1.04 bits per heavy atom. The van der Waals surface area contributed by atoms with E-state index >= 15 is 0 Å². The molecule has 2 aromatic rings. The van der Waals surface area contributed by atoms with Gasteiger partial charge in [-0.1, -0.05) is 24.3 Å². The zero-order chi connectivity index (χ0) is 17.0. The number of Topliss-reactive ketones (excluding diaryl/α,β-unsaturated/α-hetero) is 1. The summed E-state index contributed by atoms with van der Waals surface area (Å²) in [4.78, 5) is 34.8. The highest BCUT2D eigenvalue weighted by Crippen LogP contribution is 2.21. The van der Waals surface area contributed by atoms with E-state index in [1.54, 1.807) is 24.3 Å². The molecule has 0 atom stereocenters. The maximum Gasteiger partial charge on any atom is 0.371 e. The lowest BCUT2D eigenvalue weighted by Crippen LogP contribution is -2.02. The summed E-state index contributed by atoms with van der Waals surface area (Å²) in [5.41, 5.74) is 1.64. The molecule has 0 bridgehead atoms. The van der Waals surface area contributed by atoms with Crippen LogP contribution < -0.4 is 0 Å². The number of hydrogen-bond donors (Lipinski definition) is 2. The highest BCUT2D eigenvalue weighted by Gasteiger charge is 2.12. The fraction of sp³-hybridized carbons (Fsp3) is 0.118. The van der Waals surface area contributed by atoms with Crippen LogP contribution in [0.5, 0.6) is 0 Å². The van der Waals surface area contributed by atoms with E-state index in [-0.39, 0.29) is 5.78 Å². The summed E-state index contributed by atoms with van der Waals surface area (Å²) in [7, 11) is 0. The number of carboxylic acid groups (broad SMARTS) is 1. The summed E-state index contributed by atoms with van der Waals surface area (Å²) in [5, 5.41) is 17.6. The van der Waals surface area contributed by atoms with Crippen molar-refractivity contribution in [1.82, 2.24) is 0 Å². The second-order valence-corrected chi connectivity index (χ2v) is 6.06. The number of ketones is 2. The maximum absolute atomic E-state index is 11.8. The van der Waals surface area contributed by atoms with Crippen LogP contribution in [0.15, 0.2) is 48.2 Å². The van der Waals surface area contributed by atoms with E-state index in [4.69, 9.17) is 10.2 Å². The second kappa shape index (κ2) is 7.02. The van der Waals surface area contributed by atoms with Crippen LogP contribution in [0.3, 0.4) is 0 Å². The molecule has 6 heteroatoms. The third kappa shape index (κ3) is 4.37. The highest BCUT2D eigenvalue weighted by molar-refractivity contribution is 7.14. The lowest BCUT2D eigenvalue weighted by atomic mass is 10.1. The van der Waals surface area contributed by atoms with Gasteiger partial charge < -0.3 is 10.2 Å². The van der Waals surface area contributed by atoms with Gasteiger partial charge in [0.05, 0.1) is 4.88 Å². The minimum atomic E-state index is -1.54. The minimum Gasteiger partial charge on any atom is -0.502 e. The number of carbonyl (C=O) groups is 3. The number of thiophene rings is 1. The van der Waals surface area contributed by atoms with Crippen LogP contribution in [0.25, 0.3) is 0 Å². The molecule has 1 aromatic heterocycles. The summed E-state index contributed by atoms with van der Waals surface area (Å²) >= 11 is 1.23. The van der Waals surface area contributed by atoms with Crippen molar-refractivity contribution in [2.75, 3.05) is 0 Å². The molecule has 0 aliphatic rings. The fourth-order valence-electron chi connectivity index (χ4n) is 1.92. The van der Waals surface area contributed by atoms with Gasteiger partial charge in [-0.25, -0.2) is 4.79 Å². The van der Waals surface area contributed by atoms with Crippen molar-refractivity contribution in [2.45, 2.75) is 13.3 Å². The largest absolute Gasteiger partial charge is 0.502 e. The topological polar surface area (TPSA) is 91.7 Å². The van der Waals surface area contributed by atoms with Crippen LogP contribution in [0.1, 0.15) is 37.4 Å². The van der Waals surface area contributed by atoms with Crippen molar-refractivity contribution >= 4 is 28.9 Å². The molecule has 2 rings (SSSR count). The zero-order valence-corrected chi connectivity index (χ0v) is 13.1. The van der Waals surface area contributed by atoms with Crippen molar-refractivity contribution in [3.05, 3.63) is 69.1 Å². The number of aliphatic hydroxyl groups excluding tert-OH is 1. The van der Waals surface area contributed by atoms with Crippen LogP contribution in [0, 0.1) is 0 Å². The number of carboxylic acids is 1. The summed E-state index contributed by atoms with van der Waals surface area (Å²) in [5.74, 6) is -3.07. The van der Waals surface area contributed by atoms with Gasteiger partial charge in [-0.3, -0.25) is 9.59 Å². The van der Waals surface area contributed by atoms with E-state index < -0.39 is 17.5 Å². The average molecular weight is 330 g/mol. The maximum atomic E-state index is 11.8. The molecule has 0 amide bonds. The van der Waals surface area contributed by atoms with Gasteiger partial charge >= 0.3 is 5.97 Å². The summed E-state index contributed by atoms with van der Waals surface area (Å²) in [6, 6.07) is 10.6. The van der Waals surface area contributed by atoms with E-state index in [2.05, 4.69) is 0 Å². The summed E-state index contributed by atoms with van der Waals surface area (Å²) in [6.07, 6.45) is 1.30. The molecule has 0 aliphatic heterocycles. The number of carbonyl (C=O) groups excluding carboxylic acids is 2. The number of hydrogen-bond acceptors (Lipinski definition) is 5. The van der Waals surface area contributed by atoms with Gasteiger partial charge in [-0.15, -0.1) is 11.3 Å². The number of benzene rings is 1. The van der Waals surface area contributed by atoms with E-state index in [9.17, 15) is 14.4 Å². The lowest BCUT2D eigenvalue weighted by Gasteiger charge is -2.00. The van der Waals surface area contributed by atoms with E-state index in [1.165, 1.54) is 18.3 Å². The number of allylic oxidation sites excluding steroid dienone is 1. The molecule has 0 spiro atoms. The molecule has 0 aliphatic carbocycles. The molecule has 0 saturated carbocycles. The van der Waals surface area contributed by atoms with Gasteiger partial charge in [-0.05, 0) is 24.6 Å². The predicted molar refractivity (Wildman–Crippen MR) is 86.2 cm³/mol. The number of aliphatic hydroxyl groups is 1. The van der Waals surface area contributed by atoms with Crippen LogP contribution >= 0.6 is 11.3 Å². The first kappa shape index (κ1) is 16.6. The number of aliphatic carboxylic acids is 1. The molecule has 0 unspecified atom stereocenters. The Balaban J connectivity index is 2.10. The Morgan fingerprint density at radius 3 is 2.26 bits per heavy atom. The first-order chi connectivity index (χ1) is 10.9. The molecule has 0 saturated heterocycles. The molecule has 5 nitrogen and oxygen atoms in total. The predicted octanol–water partition coefficient (Wildman–Crippen LogP) is 3.25. The van der Waals surface area contributed by atoms with Crippen LogP contribution in [0.4, 0.5) is 0 Å². The molecule has 1 heterocycles. The Hall–Kier alpha value is -2.73. The normalized spacial score (nSPS) is 11.3. The van der Waals surface area contributed by atoms with Crippen LogP contribution in [-0.2, 0) is 11.2 Å². The smallest absolute Gasteiger partial charge is 0.371 e. The number of rotatable bonds is 6. The van der Waals surface area contributed by atoms with Gasteiger partial charge in [0.25, 0.3) is 0 Å². The first-order valence-corrected chi connectivity index (χ1v) is 7.55. The SMILES string of the molecule is CC(=O)c1ccc(Cc2ccc(C(=O)/C=C(\O)C(=O)O)s2)cc1. The zero-order valence-electron chi connectivity index (χ0n) is 12.3. The third-order valence-electron chi connectivity index (χ3n) is 3.13. The van der Waals surface area contributed by atoms with Gasteiger partial charge in [-0.2, -0.15) is 0 Å². The Bertz CT molecular complexity index is 784. The van der Waals surface area contributed by atoms with Crippen molar-refractivity contribution < 1.29 is 24.6 Å². The lowest BCUT2D eigenvalue weighted by molar-refractivity contribution is -0.135. The van der Waals surface area contributed by atoms with Crippen LogP contribution in [-0.4, -0.2) is 27.7 Å². The molecule has 2 N–H and O–H groups in total. The van der Waals surface area contributed by atoms with Gasteiger partial charge in [0.1, 0.15) is 0 Å². The Labute approximate surface area is 136 Å². The Morgan fingerprint density at radius 2 is 1.70 bits per heavy atom. The molecule has 0 radical (unpaired) electrons. The standard InChI is InChI=1S/C17H14O5S/c1-10(18)12-4-2-11(3-5-12)8-13-6-7-16(23-13)14(19)9-15(20)17(21)22/h2-7,9,20H,8H2,1H3,(H,21,22)/b15-9-. The van der Waals surface area contributed by atoms with Crippen molar-refractivity contribution in [2.24, 2.45) is 0 Å². The third-order valence-corrected chi connectivity index (χ3v) is 4.23. The van der Waals surface area contributed by atoms with Crippen LogP contribution in [0.2, 0.25) is 0 Å². The van der Waals surface area contributed by atoms with E-state index in [0.717, 1.165) is 10.4 Å². The van der Waals surface area contributed by atoms with Gasteiger partial charge in [0.15, 0.2) is 11.6 Å². The second-order valence-electron chi connectivity index (χ2n) is 4.89. The van der Waals surface area contributed by atoms with E-state index in [0.29, 0.717) is 22.9 Å². The average Bonchev–Trinajstić information content (AvgIpc) is 2.96. The minimum absolute atomic E-state index is 0.00517. The van der Waals surface area contributed by atoms with Crippen molar-refractivity contribution in [3.63, 3.8) is 0 Å². The monoisotopic (exact) mass is 330 g/mol. The molecular formula is C17H14O5S. The molecule has 0 fully saturated rings. The van der Waals surface area contributed by atoms with Crippen molar-refractivity contribution in [3.8, 4) is 0 Å². The van der Waals surface area contributed by atoms with Gasteiger partial charge in [0.2, 0.25) is 5.76 Å². The molecule has 118 valence electrons. The molecule has 23 heavy (non-hydrogen) atoms. The summed E-state index contributed by atoms with van der Waals surface area (Å²) < 4.78 is 0. The van der Waals surface area contributed by atoms with Gasteiger partial charge in [0, 0.05) is 22.9 Å². The van der Waals surface area contributed by atoms with Crippen molar-refractivity contribution in [1.29, 1.82) is 0 Å². The van der Waals surface area contributed by atoms with E-state index in [1.807, 2.05) is 12.1 Å². The Kier molecular flexibility index (Phi) is 5.08.